The molecule has 0 saturated heterocycles. The zero-order chi connectivity index (χ0) is 17.1. The number of fused-ring (bicyclic) bond motifs is 1. The van der Waals surface area contributed by atoms with Crippen molar-refractivity contribution >= 4 is 28.8 Å². The fourth-order valence-electron chi connectivity index (χ4n) is 2.08. The molecule has 3 aromatic rings. The molecule has 0 bridgehead atoms. The summed E-state index contributed by atoms with van der Waals surface area (Å²) in [6.45, 7) is 0. The summed E-state index contributed by atoms with van der Waals surface area (Å²) in [7, 11) is 0. The Morgan fingerprint density at radius 3 is 2.12 bits per heavy atom. The van der Waals surface area contributed by atoms with E-state index in [0.717, 1.165) is 11.9 Å². The zero-order valence-corrected chi connectivity index (χ0v) is 12.9. The molecule has 0 heterocycles. The molecule has 0 aliphatic rings. The normalized spacial score (nSPS) is 10.5. The highest BCUT2D eigenvalue weighted by Gasteiger charge is 2.10. The van der Waals surface area contributed by atoms with Crippen molar-refractivity contribution in [1.82, 2.24) is 10.1 Å². The van der Waals surface area contributed by atoms with Crippen molar-refractivity contribution < 1.29 is 9.18 Å². The maximum atomic E-state index is 12.8. The van der Waals surface area contributed by atoms with Crippen LogP contribution in [0.4, 0.5) is 9.18 Å². The Labute approximate surface area is 138 Å². The van der Waals surface area contributed by atoms with Crippen molar-refractivity contribution in [2.75, 3.05) is 0 Å². The molecule has 0 aromatic heterocycles. The van der Waals surface area contributed by atoms with Gasteiger partial charge in [-0.05, 0) is 36.2 Å². The smallest absolute Gasteiger partial charge is 0.287 e. The summed E-state index contributed by atoms with van der Waals surface area (Å²) >= 11 is 0.941. The quantitative estimate of drug-likeness (QED) is 0.556. The van der Waals surface area contributed by atoms with Gasteiger partial charge in [-0.3, -0.25) is 14.3 Å². The van der Waals surface area contributed by atoms with Crippen LogP contribution >= 0.6 is 11.9 Å². The van der Waals surface area contributed by atoms with Crippen LogP contribution in [0.2, 0.25) is 0 Å². The first-order valence-corrected chi connectivity index (χ1v) is 7.62. The molecule has 0 fully saturated rings. The molecule has 2 amide bonds. The maximum Gasteiger partial charge on any atom is 0.345 e. The van der Waals surface area contributed by atoms with E-state index in [2.05, 4.69) is 15.2 Å². The predicted molar refractivity (Wildman–Crippen MR) is 88.3 cm³/mol. The van der Waals surface area contributed by atoms with Crippen LogP contribution in [0.1, 0.15) is 0 Å². The van der Waals surface area contributed by atoms with E-state index in [1.54, 1.807) is 12.1 Å². The molecule has 0 radical (unpaired) electrons. The molecule has 24 heavy (non-hydrogen) atoms. The van der Waals surface area contributed by atoms with Gasteiger partial charge in [-0.15, -0.1) is 0 Å². The highest BCUT2D eigenvalue weighted by Crippen LogP contribution is 2.14. The van der Waals surface area contributed by atoms with Crippen LogP contribution in [-0.4, -0.2) is 6.03 Å². The largest absolute Gasteiger partial charge is 0.345 e. The van der Waals surface area contributed by atoms with Crippen LogP contribution < -0.4 is 26.4 Å². The molecule has 3 aromatic carbocycles. The van der Waals surface area contributed by atoms with Gasteiger partial charge in [0.25, 0.3) is 0 Å². The molecule has 0 unspecified atom stereocenters. The lowest BCUT2D eigenvalue weighted by Crippen LogP contribution is -2.37. The summed E-state index contributed by atoms with van der Waals surface area (Å²) < 4.78 is 15.2. The second-order valence-corrected chi connectivity index (χ2v) is 5.64. The summed E-state index contributed by atoms with van der Waals surface area (Å²) in [5, 5.41) is 3.81. The Kier molecular flexibility index (Phi) is 4.39. The third-order valence-electron chi connectivity index (χ3n) is 3.19. The number of benzene rings is 2. The van der Waals surface area contributed by atoms with Gasteiger partial charge in [-0.2, -0.15) is 5.10 Å². The van der Waals surface area contributed by atoms with Crippen molar-refractivity contribution in [3.63, 3.8) is 0 Å². The van der Waals surface area contributed by atoms with Gasteiger partial charge in [0.15, 0.2) is 5.36 Å². The van der Waals surface area contributed by atoms with Crippen LogP contribution in [0, 0.1) is 5.82 Å². The maximum absolute atomic E-state index is 12.8. The SMILES string of the molecule is O=C(NN=c1c(=O)c2ccccc2c1=O)NSc1ccc(F)cc1. The Balaban J connectivity index is 1.74. The molecule has 0 spiro atoms. The molecular formula is C16H10FN3O3S. The number of rotatable bonds is 3. The summed E-state index contributed by atoms with van der Waals surface area (Å²) in [4.78, 5) is 36.4. The average molecular weight is 343 g/mol. The number of carbonyl (C=O) groups excluding carboxylic acids is 1. The number of hydrogen-bond acceptors (Lipinski definition) is 5. The standard InChI is InChI=1S/C16H10FN3O3S/c17-9-5-7-10(8-6-9)24-20-16(23)19-18-13-14(21)11-3-1-2-4-12(11)15(13)22/h1-8H,(H2,19,20,23). The third kappa shape index (κ3) is 3.18. The number of halogens is 1. The van der Waals surface area contributed by atoms with Crippen molar-refractivity contribution in [2.24, 2.45) is 5.10 Å². The van der Waals surface area contributed by atoms with Gasteiger partial charge >= 0.3 is 6.03 Å². The lowest BCUT2D eigenvalue weighted by Gasteiger charge is -2.02. The molecule has 0 aliphatic heterocycles. The summed E-state index contributed by atoms with van der Waals surface area (Å²) in [5.74, 6) is -0.381. The molecule has 0 aliphatic carbocycles. The van der Waals surface area contributed by atoms with E-state index in [-0.39, 0.29) is 21.9 Å². The Morgan fingerprint density at radius 1 is 0.958 bits per heavy atom. The first-order valence-electron chi connectivity index (χ1n) is 6.81. The van der Waals surface area contributed by atoms with Crippen molar-refractivity contribution in [2.45, 2.75) is 4.90 Å². The highest BCUT2D eigenvalue weighted by molar-refractivity contribution is 7.98. The lowest BCUT2D eigenvalue weighted by molar-refractivity contribution is 0.246. The van der Waals surface area contributed by atoms with Crippen molar-refractivity contribution in [3.05, 3.63) is 80.2 Å². The number of amides is 2. The van der Waals surface area contributed by atoms with Gasteiger partial charge in [0, 0.05) is 15.7 Å². The number of carbonyl (C=O) groups is 1. The third-order valence-corrected chi connectivity index (χ3v) is 3.99. The average Bonchev–Trinajstić information content (AvgIpc) is 2.84. The van der Waals surface area contributed by atoms with E-state index in [0.29, 0.717) is 4.90 Å². The van der Waals surface area contributed by atoms with E-state index in [4.69, 9.17) is 0 Å². The number of nitrogens with zero attached hydrogens (tertiary/aromatic N) is 1. The molecule has 3 rings (SSSR count). The fourth-order valence-corrected chi connectivity index (χ4v) is 2.60. The molecule has 6 nitrogen and oxygen atoms in total. The Bertz CT molecular complexity index is 1010. The van der Waals surface area contributed by atoms with Crippen molar-refractivity contribution in [1.29, 1.82) is 0 Å². The van der Waals surface area contributed by atoms with Crippen molar-refractivity contribution in [3.8, 4) is 0 Å². The van der Waals surface area contributed by atoms with Gasteiger partial charge in [-0.1, -0.05) is 24.3 Å². The first kappa shape index (κ1) is 15.9. The van der Waals surface area contributed by atoms with Crippen LogP contribution in [0.25, 0.3) is 10.8 Å². The van der Waals surface area contributed by atoms with Gasteiger partial charge in [0.05, 0.1) is 0 Å². The molecular weight excluding hydrogens is 333 g/mol. The summed E-state index contributed by atoms with van der Waals surface area (Å²) in [6, 6.07) is 11.1. The monoisotopic (exact) mass is 343 g/mol. The van der Waals surface area contributed by atoms with Crippen LogP contribution in [0.15, 0.2) is 68.1 Å². The topological polar surface area (TPSA) is 87.6 Å². The van der Waals surface area contributed by atoms with Gasteiger partial charge in [0.1, 0.15) is 5.82 Å². The highest BCUT2D eigenvalue weighted by atomic mass is 32.2. The van der Waals surface area contributed by atoms with Gasteiger partial charge in [0.2, 0.25) is 10.9 Å². The summed E-state index contributed by atoms with van der Waals surface area (Å²) in [5.41, 5.74) is 1.05. The second-order valence-electron chi connectivity index (χ2n) is 4.76. The van der Waals surface area contributed by atoms with E-state index >= 15 is 0 Å². The molecule has 2 N–H and O–H groups in total. The predicted octanol–water partition coefficient (Wildman–Crippen LogP) is 1.40. The fraction of sp³-hybridized carbons (Fsp3) is 0. The molecule has 8 heteroatoms. The number of hydrogen-bond donors (Lipinski definition) is 2. The van der Waals surface area contributed by atoms with Crippen LogP contribution in [0.5, 0.6) is 0 Å². The van der Waals surface area contributed by atoms with Crippen LogP contribution in [-0.2, 0) is 0 Å². The van der Waals surface area contributed by atoms with Gasteiger partial charge < -0.3 is 0 Å². The minimum atomic E-state index is -0.714. The number of urea groups is 1. The Morgan fingerprint density at radius 2 is 1.54 bits per heavy atom. The van der Waals surface area contributed by atoms with Crippen LogP contribution in [0.3, 0.4) is 0 Å². The lowest BCUT2D eigenvalue weighted by atomic mass is 10.2. The first-order chi connectivity index (χ1) is 11.6. The van der Waals surface area contributed by atoms with E-state index in [9.17, 15) is 18.8 Å². The molecule has 120 valence electrons. The molecule has 0 saturated carbocycles. The zero-order valence-electron chi connectivity index (χ0n) is 12.1. The minimum Gasteiger partial charge on any atom is -0.287 e. The Hall–Kier alpha value is -3.00. The van der Waals surface area contributed by atoms with E-state index in [1.165, 1.54) is 36.4 Å². The van der Waals surface area contributed by atoms with E-state index in [1.807, 2.05) is 0 Å². The summed E-state index contributed by atoms with van der Waals surface area (Å²) in [6.07, 6.45) is 0. The van der Waals surface area contributed by atoms with Gasteiger partial charge in [-0.25, -0.2) is 14.6 Å². The minimum absolute atomic E-state index is 0.268. The molecule has 0 atom stereocenters. The van der Waals surface area contributed by atoms with E-state index < -0.39 is 16.9 Å². The number of nitrogens with one attached hydrogen (secondary N) is 2. The second kappa shape index (κ2) is 6.63.